The first-order valence-electron chi connectivity index (χ1n) is 11.3. The molecule has 1 fully saturated rings. The Kier molecular flexibility index (Phi) is 7.35. The molecule has 0 atom stereocenters. The molecule has 1 aliphatic rings. The highest BCUT2D eigenvalue weighted by Gasteiger charge is 2.18. The molecule has 1 aliphatic heterocycles. The molecule has 1 aromatic heterocycles. The average Bonchev–Trinajstić information content (AvgIpc) is 2.84. The van der Waals surface area contributed by atoms with Crippen LogP contribution in [0, 0.1) is 0 Å². The quantitative estimate of drug-likeness (QED) is 0.555. The van der Waals surface area contributed by atoms with Crippen molar-refractivity contribution in [3.8, 4) is 16.9 Å². The molecule has 4 rings (SSSR count). The first-order chi connectivity index (χ1) is 15.6. The van der Waals surface area contributed by atoms with Crippen molar-refractivity contribution in [2.45, 2.75) is 31.8 Å². The predicted octanol–water partition coefficient (Wildman–Crippen LogP) is 4.29. The molecule has 0 bridgehead atoms. The Morgan fingerprint density at radius 3 is 2.50 bits per heavy atom. The van der Waals surface area contributed by atoms with Crippen molar-refractivity contribution in [1.82, 2.24) is 20.2 Å². The van der Waals surface area contributed by atoms with E-state index in [2.05, 4.69) is 65.0 Å². The zero-order valence-corrected chi connectivity index (χ0v) is 19.3. The highest BCUT2D eigenvalue weighted by Crippen LogP contribution is 2.26. The van der Waals surface area contributed by atoms with Gasteiger partial charge in [-0.25, -0.2) is 9.97 Å². The zero-order valence-electron chi connectivity index (χ0n) is 19.3. The number of rotatable bonds is 8. The van der Waals surface area contributed by atoms with Gasteiger partial charge in [0, 0.05) is 31.3 Å². The van der Waals surface area contributed by atoms with E-state index in [9.17, 15) is 0 Å². The molecule has 0 radical (unpaired) electrons. The van der Waals surface area contributed by atoms with Gasteiger partial charge in [-0.2, -0.15) is 0 Å². The van der Waals surface area contributed by atoms with E-state index in [1.54, 1.807) is 7.11 Å². The summed E-state index contributed by atoms with van der Waals surface area (Å²) in [6.07, 6.45) is 2.27. The summed E-state index contributed by atoms with van der Waals surface area (Å²) in [4.78, 5) is 11.9. The number of aromatic nitrogens is 2. The first-order valence-corrected chi connectivity index (χ1v) is 11.3. The Morgan fingerprint density at radius 2 is 1.78 bits per heavy atom. The molecular weight excluding hydrogens is 398 g/mol. The van der Waals surface area contributed by atoms with Gasteiger partial charge in [-0.1, -0.05) is 36.4 Å². The topological polar surface area (TPSA) is 62.3 Å². The molecule has 0 aliphatic carbocycles. The number of piperidine rings is 1. The van der Waals surface area contributed by atoms with Gasteiger partial charge in [0.1, 0.15) is 17.4 Å². The second-order valence-corrected chi connectivity index (χ2v) is 8.47. The van der Waals surface area contributed by atoms with E-state index in [-0.39, 0.29) is 0 Å². The van der Waals surface area contributed by atoms with Crippen molar-refractivity contribution in [3.63, 3.8) is 0 Å². The summed E-state index contributed by atoms with van der Waals surface area (Å²) in [7, 11) is 5.74. The maximum absolute atomic E-state index is 5.35. The zero-order chi connectivity index (χ0) is 22.3. The van der Waals surface area contributed by atoms with Gasteiger partial charge in [0.15, 0.2) is 0 Å². The Bertz CT molecular complexity index is 1010. The molecule has 0 amide bonds. The summed E-state index contributed by atoms with van der Waals surface area (Å²) < 4.78 is 5.35. The summed E-state index contributed by atoms with van der Waals surface area (Å²) in [5, 5.41) is 6.64. The molecule has 6 heteroatoms. The largest absolute Gasteiger partial charge is 0.497 e. The van der Waals surface area contributed by atoms with Gasteiger partial charge in [0.2, 0.25) is 0 Å². The molecule has 2 heterocycles. The van der Waals surface area contributed by atoms with Crippen LogP contribution in [0.1, 0.15) is 35.8 Å². The second-order valence-electron chi connectivity index (χ2n) is 8.47. The van der Waals surface area contributed by atoms with Gasteiger partial charge in [0.05, 0.1) is 13.7 Å². The van der Waals surface area contributed by atoms with Crippen molar-refractivity contribution < 1.29 is 4.74 Å². The smallest absolute Gasteiger partial charge is 0.144 e. The third-order valence-corrected chi connectivity index (χ3v) is 6.03. The monoisotopic (exact) mass is 431 g/mol. The molecule has 0 spiro atoms. The van der Waals surface area contributed by atoms with Gasteiger partial charge in [-0.05, 0) is 61.8 Å². The maximum Gasteiger partial charge on any atom is 0.144 e. The van der Waals surface area contributed by atoms with E-state index in [1.807, 2.05) is 19.2 Å². The van der Waals surface area contributed by atoms with Gasteiger partial charge in [0.25, 0.3) is 0 Å². The van der Waals surface area contributed by atoms with E-state index in [0.717, 1.165) is 61.1 Å². The van der Waals surface area contributed by atoms with E-state index >= 15 is 0 Å². The number of nitrogens with one attached hydrogen (secondary N) is 2. The van der Waals surface area contributed by atoms with Crippen LogP contribution in [0.3, 0.4) is 0 Å². The van der Waals surface area contributed by atoms with E-state index in [4.69, 9.17) is 14.7 Å². The fourth-order valence-electron chi connectivity index (χ4n) is 4.26. The highest BCUT2D eigenvalue weighted by atomic mass is 16.5. The van der Waals surface area contributed by atoms with Crippen molar-refractivity contribution >= 4 is 5.82 Å². The molecule has 2 N–H and O–H groups in total. The summed E-state index contributed by atoms with van der Waals surface area (Å²) >= 11 is 0. The van der Waals surface area contributed by atoms with Crippen molar-refractivity contribution in [2.24, 2.45) is 0 Å². The van der Waals surface area contributed by atoms with E-state index < -0.39 is 0 Å². The summed E-state index contributed by atoms with van der Waals surface area (Å²) in [6.45, 7) is 3.68. The Balaban J connectivity index is 1.42. The summed E-state index contributed by atoms with van der Waals surface area (Å²) in [6, 6.07) is 19.0. The lowest BCUT2D eigenvalue weighted by molar-refractivity contribution is 0.309. The molecule has 0 unspecified atom stereocenters. The molecule has 6 nitrogen and oxygen atoms in total. The summed E-state index contributed by atoms with van der Waals surface area (Å²) in [5.74, 6) is 3.17. The molecule has 0 saturated carbocycles. The summed E-state index contributed by atoms with van der Waals surface area (Å²) in [5.41, 5.74) is 4.78. The van der Waals surface area contributed by atoms with Gasteiger partial charge in [-0.15, -0.1) is 0 Å². The van der Waals surface area contributed by atoms with E-state index in [1.165, 1.54) is 11.1 Å². The van der Waals surface area contributed by atoms with Crippen molar-refractivity contribution in [2.75, 3.05) is 39.6 Å². The fraction of sp³-hybridized carbons (Fsp3) is 0.385. The normalized spacial score (nSPS) is 14.5. The average molecular weight is 432 g/mol. The minimum Gasteiger partial charge on any atom is -0.497 e. The number of ether oxygens (including phenoxy) is 1. The van der Waals surface area contributed by atoms with E-state index in [0.29, 0.717) is 12.5 Å². The number of nitrogens with zero attached hydrogens (tertiary/aromatic N) is 3. The minimum absolute atomic E-state index is 0.513. The second kappa shape index (κ2) is 10.6. The van der Waals surface area contributed by atoms with Crippen LogP contribution in [0.4, 0.5) is 5.82 Å². The predicted molar refractivity (Wildman–Crippen MR) is 130 cm³/mol. The van der Waals surface area contributed by atoms with Crippen LogP contribution in [0.5, 0.6) is 5.75 Å². The molecule has 3 aromatic rings. The lowest BCUT2D eigenvalue weighted by atomic mass is 9.94. The Hall–Kier alpha value is -2.96. The number of hydrogen-bond acceptors (Lipinski definition) is 6. The van der Waals surface area contributed by atoms with Gasteiger partial charge in [-0.3, -0.25) is 4.90 Å². The minimum atomic E-state index is 0.513. The third-order valence-electron chi connectivity index (χ3n) is 6.03. The fourth-order valence-corrected chi connectivity index (χ4v) is 4.26. The lowest BCUT2D eigenvalue weighted by Gasteiger charge is -2.23. The number of anilines is 1. The van der Waals surface area contributed by atoms with Crippen LogP contribution in [-0.4, -0.2) is 49.2 Å². The number of hydrogen-bond donors (Lipinski definition) is 2. The van der Waals surface area contributed by atoms with Gasteiger partial charge >= 0.3 is 0 Å². The van der Waals surface area contributed by atoms with Crippen LogP contribution in [0.2, 0.25) is 0 Å². The Morgan fingerprint density at radius 1 is 1.00 bits per heavy atom. The van der Waals surface area contributed by atoms with Crippen LogP contribution < -0.4 is 15.4 Å². The standard InChI is InChI=1S/C26H33N5O/c1-27-25-16-24(21-11-13-28-14-12-21)29-26(30-25)18-31(2)17-19-7-9-20(10-8-19)22-5-4-6-23(15-22)32-3/h4-10,15-16,21,28H,11-14,17-18H2,1-3H3,(H,27,29,30). The first kappa shape index (κ1) is 22.2. The van der Waals surface area contributed by atoms with Crippen LogP contribution in [-0.2, 0) is 13.1 Å². The van der Waals surface area contributed by atoms with Crippen LogP contribution in [0.15, 0.2) is 54.6 Å². The van der Waals surface area contributed by atoms with Crippen LogP contribution >= 0.6 is 0 Å². The molecule has 2 aromatic carbocycles. The van der Waals surface area contributed by atoms with Gasteiger partial charge < -0.3 is 15.4 Å². The number of benzene rings is 2. The van der Waals surface area contributed by atoms with Crippen LogP contribution in [0.25, 0.3) is 11.1 Å². The van der Waals surface area contributed by atoms with Crippen molar-refractivity contribution in [3.05, 3.63) is 71.7 Å². The number of methoxy groups -OCH3 is 1. The highest BCUT2D eigenvalue weighted by molar-refractivity contribution is 5.65. The Labute approximate surface area is 191 Å². The molecular formula is C26H33N5O. The van der Waals surface area contributed by atoms with Crippen molar-refractivity contribution in [1.29, 1.82) is 0 Å². The lowest BCUT2D eigenvalue weighted by Crippen LogP contribution is -2.27. The molecule has 1 saturated heterocycles. The maximum atomic E-state index is 5.35. The molecule has 32 heavy (non-hydrogen) atoms. The SMILES string of the molecule is CNc1cc(C2CCNCC2)nc(CN(C)Cc2ccc(-c3cccc(OC)c3)cc2)n1. The third kappa shape index (κ3) is 5.64. The molecule has 168 valence electrons.